The third-order valence-electron chi connectivity index (χ3n) is 12.9. The van der Waals surface area contributed by atoms with Gasteiger partial charge in [-0.2, -0.15) is 0 Å². The summed E-state index contributed by atoms with van der Waals surface area (Å²) in [6, 6.07) is 68.0. The quantitative estimate of drug-likeness (QED) is 0.160. The number of hydrogen-bond donors (Lipinski definition) is 0. The number of ether oxygens (including phenoxy) is 2. The highest BCUT2D eigenvalue weighted by molar-refractivity contribution is 6.13. The summed E-state index contributed by atoms with van der Waals surface area (Å²) in [5.74, 6) is 3.53. The van der Waals surface area contributed by atoms with Gasteiger partial charge in [-0.3, -0.25) is 0 Å². The minimum absolute atomic E-state index is 0.00260. The van der Waals surface area contributed by atoms with Crippen LogP contribution >= 0.6 is 0 Å². The molecule has 0 N–H and O–H groups in total. The van der Waals surface area contributed by atoms with Crippen LogP contribution in [0.15, 0.2) is 234 Å². The summed E-state index contributed by atoms with van der Waals surface area (Å²) in [4.78, 5) is 4.55. The first kappa shape index (κ1) is 35.5. The number of para-hydroxylation sites is 5. The number of fused-ring (bicyclic) bond motifs is 7. The lowest BCUT2D eigenvalue weighted by Gasteiger charge is -2.44. The first-order chi connectivity index (χ1) is 31.2. The second-order valence-electron chi connectivity index (χ2n) is 16.4. The number of anilines is 6. The van der Waals surface area contributed by atoms with E-state index in [1.165, 1.54) is 11.1 Å². The first-order valence-corrected chi connectivity index (χ1v) is 21.5. The SMILES string of the molecule is C1=C2Oc3cc(N(c4ccccc4)c4ccccc4)ccc3C3=CC=C4Oc5cc(N(c6ccccc6)c6cccc7c6oc6c(-c8ccccc8)cccc67)ccc5C(=C1)C4C23. The van der Waals surface area contributed by atoms with Gasteiger partial charge >= 0.3 is 0 Å². The number of allylic oxidation sites excluding steroid dienone is 6. The van der Waals surface area contributed by atoms with Crippen molar-refractivity contribution >= 4 is 67.2 Å². The largest absolute Gasteiger partial charge is 0.460 e. The lowest BCUT2D eigenvalue weighted by atomic mass is 9.68. The Morgan fingerprint density at radius 3 is 1.38 bits per heavy atom. The second kappa shape index (κ2) is 14.2. The molecule has 0 fully saturated rings. The van der Waals surface area contributed by atoms with E-state index in [2.05, 4.69) is 222 Å². The van der Waals surface area contributed by atoms with E-state index in [-0.39, 0.29) is 11.8 Å². The maximum atomic E-state index is 6.97. The molecule has 3 heterocycles. The van der Waals surface area contributed by atoms with Gasteiger partial charge in [0.15, 0.2) is 5.58 Å². The lowest BCUT2D eigenvalue weighted by Crippen LogP contribution is -2.34. The summed E-state index contributed by atoms with van der Waals surface area (Å²) >= 11 is 0. The Bertz CT molecular complexity index is 3360. The molecule has 9 aromatic rings. The number of rotatable bonds is 7. The number of benzene rings is 8. The van der Waals surface area contributed by atoms with E-state index in [0.29, 0.717) is 0 Å². The van der Waals surface area contributed by atoms with Gasteiger partial charge < -0.3 is 23.7 Å². The Balaban J connectivity index is 0.895. The molecule has 2 unspecified atom stereocenters. The van der Waals surface area contributed by atoms with Crippen molar-refractivity contribution in [2.24, 2.45) is 11.8 Å². The van der Waals surface area contributed by atoms with E-state index in [0.717, 1.165) is 101 Å². The third kappa shape index (κ3) is 5.63. The summed E-state index contributed by atoms with van der Waals surface area (Å²) in [5.41, 5.74) is 14.7. The summed E-state index contributed by atoms with van der Waals surface area (Å²) < 4.78 is 20.8. The van der Waals surface area contributed by atoms with Crippen molar-refractivity contribution in [3.63, 3.8) is 0 Å². The Hall–Kier alpha value is -8.28. The van der Waals surface area contributed by atoms with E-state index >= 15 is 0 Å². The maximum absolute atomic E-state index is 6.97. The van der Waals surface area contributed by atoms with E-state index in [4.69, 9.17) is 13.9 Å². The molecule has 0 spiro atoms. The highest BCUT2D eigenvalue weighted by Gasteiger charge is 2.46. The van der Waals surface area contributed by atoms with Crippen LogP contribution in [0.3, 0.4) is 0 Å². The van der Waals surface area contributed by atoms with Crippen LogP contribution < -0.4 is 19.3 Å². The highest BCUT2D eigenvalue weighted by atomic mass is 16.5. The average molecular weight is 811 g/mol. The minimum Gasteiger partial charge on any atom is -0.460 e. The molecule has 0 saturated heterocycles. The molecule has 13 rings (SSSR count). The molecule has 2 atom stereocenters. The average Bonchev–Trinajstić information content (AvgIpc) is 3.74. The van der Waals surface area contributed by atoms with E-state index in [9.17, 15) is 0 Å². The second-order valence-corrected chi connectivity index (χ2v) is 16.4. The number of hydrogen-bond acceptors (Lipinski definition) is 5. The van der Waals surface area contributed by atoms with Crippen LogP contribution in [-0.4, -0.2) is 0 Å². The molecule has 63 heavy (non-hydrogen) atoms. The van der Waals surface area contributed by atoms with Crippen LogP contribution in [0.1, 0.15) is 11.1 Å². The summed E-state index contributed by atoms with van der Waals surface area (Å²) in [6.07, 6.45) is 8.80. The van der Waals surface area contributed by atoms with Crippen LogP contribution in [0.5, 0.6) is 11.5 Å². The Labute approximate surface area is 365 Å². The molecule has 0 bridgehead atoms. The van der Waals surface area contributed by atoms with Gasteiger partial charge in [-0.1, -0.05) is 127 Å². The molecule has 2 aliphatic heterocycles. The van der Waals surface area contributed by atoms with Crippen LogP contribution in [0, 0.1) is 11.8 Å². The first-order valence-electron chi connectivity index (χ1n) is 21.5. The topological polar surface area (TPSA) is 38.1 Å². The summed E-state index contributed by atoms with van der Waals surface area (Å²) in [7, 11) is 0. The predicted molar refractivity (Wildman–Crippen MR) is 255 cm³/mol. The molecule has 1 aromatic heterocycles. The van der Waals surface area contributed by atoms with Gasteiger partial charge in [0.05, 0.1) is 23.2 Å². The zero-order valence-electron chi connectivity index (χ0n) is 34.1. The molecule has 5 nitrogen and oxygen atoms in total. The minimum atomic E-state index is -0.00496. The highest BCUT2D eigenvalue weighted by Crippen LogP contribution is 2.58. The Kier molecular flexibility index (Phi) is 7.97. The predicted octanol–water partition coefficient (Wildman–Crippen LogP) is 15.5. The fourth-order valence-electron chi connectivity index (χ4n) is 10.1. The van der Waals surface area contributed by atoms with Crippen LogP contribution in [0.2, 0.25) is 0 Å². The number of nitrogens with zero attached hydrogens (tertiary/aromatic N) is 2. The van der Waals surface area contributed by atoms with Crippen molar-refractivity contribution in [3.05, 3.63) is 241 Å². The van der Waals surface area contributed by atoms with Gasteiger partial charge in [-0.15, -0.1) is 0 Å². The van der Waals surface area contributed by atoms with Crippen LogP contribution in [0.25, 0.3) is 44.2 Å². The molecule has 8 aromatic carbocycles. The summed E-state index contributed by atoms with van der Waals surface area (Å²) in [6.45, 7) is 0. The van der Waals surface area contributed by atoms with E-state index in [1.807, 2.05) is 6.07 Å². The molecule has 4 aliphatic rings. The molecular formula is C58H38N2O3. The van der Waals surface area contributed by atoms with Crippen molar-refractivity contribution in [3.8, 4) is 22.6 Å². The van der Waals surface area contributed by atoms with Gasteiger partial charge in [0, 0.05) is 62.3 Å². The van der Waals surface area contributed by atoms with Crippen molar-refractivity contribution in [1.82, 2.24) is 0 Å². The lowest BCUT2D eigenvalue weighted by molar-refractivity contribution is 0.286. The molecule has 0 radical (unpaired) electrons. The molecule has 5 heteroatoms. The molecular weight excluding hydrogens is 773 g/mol. The monoisotopic (exact) mass is 810 g/mol. The zero-order chi connectivity index (χ0) is 41.4. The van der Waals surface area contributed by atoms with Crippen molar-refractivity contribution < 1.29 is 13.9 Å². The van der Waals surface area contributed by atoms with Gasteiger partial charge in [0.2, 0.25) is 0 Å². The van der Waals surface area contributed by atoms with Gasteiger partial charge in [-0.05, 0) is 95.6 Å². The fourth-order valence-corrected chi connectivity index (χ4v) is 10.1. The van der Waals surface area contributed by atoms with Crippen molar-refractivity contribution in [2.45, 2.75) is 0 Å². The molecule has 298 valence electrons. The molecule has 2 aliphatic carbocycles. The molecule has 0 saturated carbocycles. The fraction of sp³-hybridized carbons (Fsp3) is 0.0345. The van der Waals surface area contributed by atoms with Gasteiger partial charge in [-0.25, -0.2) is 0 Å². The van der Waals surface area contributed by atoms with E-state index in [1.54, 1.807) is 0 Å². The summed E-state index contributed by atoms with van der Waals surface area (Å²) in [5, 5.41) is 2.16. The Morgan fingerprint density at radius 1 is 0.349 bits per heavy atom. The third-order valence-corrected chi connectivity index (χ3v) is 12.9. The maximum Gasteiger partial charge on any atom is 0.159 e. The Morgan fingerprint density at radius 2 is 0.825 bits per heavy atom. The van der Waals surface area contributed by atoms with Crippen LogP contribution in [0.4, 0.5) is 34.1 Å². The van der Waals surface area contributed by atoms with Crippen molar-refractivity contribution in [1.29, 1.82) is 0 Å². The normalized spacial score (nSPS) is 16.6. The number of furan rings is 1. The van der Waals surface area contributed by atoms with E-state index < -0.39 is 0 Å². The van der Waals surface area contributed by atoms with Crippen LogP contribution in [-0.2, 0) is 0 Å². The van der Waals surface area contributed by atoms with Crippen molar-refractivity contribution in [2.75, 3.05) is 9.80 Å². The smallest absolute Gasteiger partial charge is 0.159 e. The van der Waals surface area contributed by atoms with Gasteiger partial charge in [0.25, 0.3) is 0 Å². The van der Waals surface area contributed by atoms with Gasteiger partial charge in [0.1, 0.15) is 28.6 Å². The standard InChI is InChI=1S/C58H38N2O3/c1-5-15-37(16-6-1)43-23-13-24-48-49-25-14-26-50(58(49)63-57(43)48)60(40-21-11-4-12-22-40)42-28-30-45-47-32-33-51-55-46(31-34-52(56(47)55)62-54(45)36-42)44-29-27-41(35-53(44)61-51)59(38-17-7-2-8-18-38)39-19-9-3-10-20-39/h1-36,55-56H. The zero-order valence-corrected chi connectivity index (χ0v) is 34.1. The molecule has 0 amide bonds.